The van der Waals surface area contributed by atoms with Crippen molar-refractivity contribution < 1.29 is 27.5 Å². The van der Waals surface area contributed by atoms with Gasteiger partial charge in [-0.1, -0.05) is 45.0 Å². The molecule has 2 saturated heterocycles. The monoisotopic (exact) mass is 566 g/mol. The van der Waals surface area contributed by atoms with E-state index >= 15 is 0 Å². The Kier molecular flexibility index (Phi) is 7.13. The Balaban J connectivity index is 1.44. The van der Waals surface area contributed by atoms with Crippen LogP contribution < -0.4 is 20.1 Å². The number of carbonyl (C=O) groups is 2. The van der Waals surface area contributed by atoms with Crippen LogP contribution in [0.3, 0.4) is 0 Å². The largest absolute Gasteiger partial charge is 0.492 e. The third-order valence-corrected chi connectivity index (χ3v) is 7.86. The van der Waals surface area contributed by atoms with E-state index in [4.69, 9.17) is 9.47 Å². The average molecular weight is 567 g/mol. The van der Waals surface area contributed by atoms with Crippen LogP contribution in [0.1, 0.15) is 43.1 Å². The molecule has 2 aliphatic heterocycles. The number of nitrogens with zero attached hydrogens (tertiary/aromatic N) is 1. The first-order valence-electron chi connectivity index (χ1n) is 13.1. The number of hydrogen-bond donors (Lipinski definition) is 3. The van der Waals surface area contributed by atoms with Crippen molar-refractivity contribution in [3.05, 3.63) is 59.7 Å². The highest BCUT2D eigenvalue weighted by Crippen LogP contribution is 2.39. The van der Waals surface area contributed by atoms with Gasteiger partial charge in [0.2, 0.25) is 10.0 Å². The third-order valence-electron chi connectivity index (χ3n) is 7.27. The van der Waals surface area contributed by atoms with E-state index in [2.05, 4.69) is 15.4 Å². The molecule has 3 aromatic carbocycles. The van der Waals surface area contributed by atoms with Gasteiger partial charge in [-0.3, -0.25) is 9.52 Å². The van der Waals surface area contributed by atoms with Crippen LogP contribution >= 0.6 is 0 Å². The van der Waals surface area contributed by atoms with E-state index in [1.165, 1.54) is 7.11 Å². The Hall–Kier alpha value is -3.83. The van der Waals surface area contributed by atoms with Gasteiger partial charge in [-0.05, 0) is 47.1 Å². The molecule has 11 heteroatoms. The molecular weight excluding hydrogens is 532 g/mol. The predicted octanol–water partition coefficient (Wildman–Crippen LogP) is 4.77. The molecule has 2 heterocycles. The van der Waals surface area contributed by atoms with E-state index in [1.807, 2.05) is 49.9 Å². The van der Waals surface area contributed by atoms with Crippen LogP contribution in [-0.2, 0) is 20.2 Å². The van der Waals surface area contributed by atoms with Gasteiger partial charge in [0.05, 0.1) is 49.2 Å². The summed E-state index contributed by atoms with van der Waals surface area (Å²) in [5.74, 6) is 0.140. The molecule has 0 aromatic heterocycles. The number of methoxy groups -OCH3 is 1. The molecule has 10 nitrogen and oxygen atoms in total. The van der Waals surface area contributed by atoms with Crippen LogP contribution in [0, 0.1) is 0 Å². The first-order valence-corrected chi connectivity index (χ1v) is 15.0. The van der Waals surface area contributed by atoms with Crippen molar-refractivity contribution in [2.24, 2.45) is 0 Å². The molecule has 3 amide bonds. The van der Waals surface area contributed by atoms with Crippen molar-refractivity contribution in [1.29, 1.82) is 0 Å². The van der Waals surface area contributed by atoms with Crippen LogP contribution in [0.5, 0.6) is 5.75 Å². The highest BCUT2D eigenvalue weighted by molar-refractivity contribution is 7.92. The summed E-state index contributed by atoms with van der Waals surface area (Å²) in [6, 6.07) is 13.9. The van der Waals surface area contributed by atoms with E-state index in [1.54, 1.807) is 24.3 Å². The number of rotatable bonds is 6. The fraction of sp³-hybridized carbons (Fsp3) is 0.379. The van der Waals surface area contributed by atoms with Crippen molar-refractivity contribution in [1.82, 2.24) is 4.90 Å². The van der Waals surface area contributed by atoms with Crippen LogP contribution in [0.15, 0.2) is 48.5 Å². The van der Waals surface area contributed by atoms with E-state index in [-0.39, 0.29) is 34.9 Å². The van der Waals surface area contributed by atoms with Crippen LogP contribution in [0.25, 0.3) is 10.8 Å². The molecular formula is C29H34N4O6S. The van der Waals surface area contributed by atoms with E-state index in [9.17, 15) is 18.0 Å². The number of sulfonamides is 1. The normalized spacial score (nSPS) is 18.6. The Labute approximate surface area is 234 Å². The number of nitrogens with one attached hydrogen (secondary N) is 3. The fourth-order valence-electron chi connectivity index (χ4n) is 5.32. The highest BCUT2D eigenvalue weighted by Gasteiger charge is 2.42. The van der Waals surface area contributed by atoms with Gasteiger partial charge < -0.3 is 25.0 Å². The van der Waals surface area contributed by atoms with Gasteiger partial charge in [-0.15, -0.1) is 0 Å². The summed E-state index contributed by atoms with van der Waals surface area (Å²) in [5.41, 5.74) is 2.08. The highest BCUT2D eigenvalue weighted by atomic mass is 32.2. The zero-order chi connectivity index (χ0) is 28.8. The van der Waals surface area contributed by atoms with E-state index in [0.29, 0.717) is 30.1 Å². The standard InChI is InChI=1S/C29H34N4O6S/c1-29(2,3)17-12-24(26(38-4)25(13-17)32-40(5,36)37)31-28(35)30-23-11-10-22(20-8-6-7-9-21(20)23)27(34)33-15-19-14-18(33)16-39-19/h6-13,18-19,32H,14-16H2,1-5H3,(H2,30,31,35). The Bertz CT molecular complexity index is 1600. The van der Waals surface area contributed by atoms with E-state index < -0.39 is 16.1 Å². The molecule has 0 saturated carbocycles. The van der Waals surface area contributed by atoms with Crippen molar-refractivity contribution in [2.75, 3.05) is 41.9 Å². The molecule has 40 heavy (non-hydrogen) atoms. The Morgan fingerprint density at radius 3 is 2.27 bits per heavy atom. The molecule has 2 fully saturated rings. The van der Waals surface area contributed by atoms with Gasteiger partial charge in [0.25, 0.3) is 5.91 Å². The van der Waals surface area contributed by atoms with Gasteiger partial charge >= 0.3 is 6.03 Å². The van der Waals surface area contributed by atoms with Crippen LogP contribution in [0.4, 0.5) is 21.9 Å². The number of urea groups is 1. The number of ether oxygens (including phenoxy) is 2. The number of morpholine rings is 1. The third kappa shape index (κ3) is 5.57. The first-order chi connectivity index (χ1) is 18.8. The summed E-state index contributed by atoms with van der Waals surface area (Å²) < 4.78 is 37.7. The summed E-state index contributed by atoms with van der Waals surface area (Å²) in [6.45, 7) is 7.11. The summed E-state index contributed by atoms with van der Waals surface area (Å²) in [4.78, 5) is 28.6. The summed E-state index contributed by atoms with van der Waals surface area (Å²) in [6.07, 6.45) is 2.02. The second-order valence-electron chi connectivity index (χ2n) is 11.3. The van der Waals surface area contributed by atoms with Crippen LogP contribution in [0.2, 0.25) is 0 Å². The van der Waals surface area contributed by atoms with Gasteiger partial charge in [0.1, 0.15) is 0 Å². The molecule has 0 spiro atoms. The maximum Gasteiger partial charge on any atom is 0.323 e. The molecule has 2 bridgehead atoms. The lowest BCUT2D eigenvalue weighted by Gasteiger charge is -2.27. The number of anilines is 3. The quantitative estimate of drug-likeness (QED) is 0.395. The molecule has 212 valence electrons. The predicted molar refractivity (Wildman–Crippen MR) is 156 cm³/mol. The summed E-state index contributed by atoms with van der Waals surface area (Å²) in [5, 5.41) is 7.16. The molecule has 5 rings (SSSR count). The maximum atomic E-state index is 13.4. The maximum absolute atomic E-state index is 13.4. The van der Waals surface area contributed by atoms with Crippen molar-refractivity contribution in [2.45, 2.75) is 44.8 Å². The first kappa shape index (κ1) is 27.7. The second-order valence-corrected chi connectivity index (χ2v) is 13.1. The number of carbonyl (C=O) groups excluding carboxylic acids is 2. The number of hydrogen-bond acceptors (Lipinski definition) is 6. The van der Waals surface area contributed by atoms with Gasteiger partial charge in [-0.25, -0.2) is 13.2 Å². The van der Waals surface area contributed by atoms with Gasteiger partial charge in [0, 0.05) is 17.5 Å². The lowest BCUT2D eigenvalue weighted by Crippen LogP contribution is -2.41. The van der Waals surface area contributed by atoms with Crippen molar-refractivity contribution >= 4 is 49.8 Å². The lowest BCUT2D eigenvalue weighted by atomic mass is 9.86. The summed E-state index contributed by atoms with van der Waals surface area (Å²) >= 11 is 0. The topological polar surface area (TPSA) is 126 Å². The lowest BCUT2D eigenvalue weighted by molar-refractivity contribution is 0.0260. The van der Waals surface area contributed by atoms with Gasteiger partial charge in [-0.2, -0.15) is 0 Å². The molecule has 2 unspecified atom stereocenters. The zero-order valence-corrected chi connectivity index (χ0v) is 24.0. The van der Waals surface area contributed by atoms with E-state index in [0.717, 1.165) is 29.0 Å². The van der Waals surface area contributed by atoms with Crippen molar-refractivity contribution in [3.63, 3.8) is 0 Å². The number of benzene rings is 3. The molecule has 2 atom stereocenters. The minimum atomic E-state index is -3.61. The van der Waals surface area contributed by atoms with Gasteiger partial charge in [0.15, 0.2) is 5.75 Å². The smallest absolute Gasteiger partial charge is 0.323 e. The zero-order valence-electron chi connectivity index (χ0n) is 23.2. The fourth-order valence-corrected chi connectivity index (χ4v) is 5.87. The molecule has 3 aromatic rings. The number of amides is 3. The molecule has 2 aliphatic rings. The molecule has 0 radical (unpaired) electrons. The minimum Gasteiger partial charge on any atom is -0.492 e. The van der Waals surface area contributed by atoms with Crippen LogP contribution in [-0.4, -0.2) is 63.9 Å². The average Bonchev–Trinajstić information content (AvgIpc) is 3.51. The molecule has 3 N–H and O–H groups in total. The minimum absolute atomic E-state index is 0.0439. The SMILES string of the molecule is COc1c(NC(=O)Nc2ccc(C(=O)N3CC4CC3CO4)c3ccccc23)cc(C(C)(C)C)cc1NS(C)(=O)=O. The van der Waals surface area contributed by atoms with Crippen molar-refractivity contribution in [3.8, 4) is 5.75 Å². The second kappa shape index (κ2) is 10.3. The number of fused-ring (bicyclic) bond motifs is 3. The Morgan fingerprint density at radius 1 is 1.00 bits per heavy atom. The summed E-state index contributed by atoms with van der Waals surface area (Å²) in [7, 11) is -2.20. The Morgan fingerprint density at radius 2 is 1.68 bits per heavy atom. The number of likely N-dealkylation sites (tertiary alicyclic amines) is 1. The molecule has 0 aliphatic carbocycles.